The molecule has 1 aliphatic rings. The number of carbonyl (C=O) groups is 3. The SMILES string of the molecule is Cc1ccc(C)c(NC(=O)CN2C(=O)N[C@H](Cc3ccccc3)C2=O)c1. The molecular weight excluding hydrogens is 330 g/mol. The van der Waals surface area contributed by atoms with Gasteiger partial charge in [0.2, 0.25) is 5.91 Å². The summed E-state index contributed by atoms with van der Waals surface area (Å²) in [5.41, 5.74) is 3.57. The van der Waals surface area contributed by atoms with Crippen LogP contribution in [0.2, 0.25) is 0 Å². The van der Waals surface area contributed by atoms with Crippen LogP contribution in [0, 0.1) is 13.8 Å². The molecule has 0 saturated carbocycles. The van der Waals surface area contributed by atoms with Gasteiger partial charge in [-0.2, -0.15) is 0 Å². The van der Waals surface area contributed by atoms with E-state index in [0.29, 0.717) is 12.1 Å². The first-order valence-electron chi connectivity index (χ1n) is 8.47. The van der Waals surface area contributed by atoms with Crippen molar-refractivity contribution in [3.8, 4) is 0 Å². The molecule has 1 aliphatic heterocycles. The molecule has 0 bridgehead atoms. The maximum atomic E-state index is 12.5. The zero-order valence-electron chi connectivity index (χ0n) is 14.8. The van der Waals surface area contributed by atoms with E-state index in [-0.39, 0.29) is 12.5 Å². The summed E-state index contributed by atoms with van der Waals surface area (Å²) in [6, 6.07) is 14.0. The Bertz CT molecular complexity index is 849. The zero-order chi connectivity index (χ0) is 18.7. The van der Waals surface area contributed by atoms with Gasteiger partial charge in [0.1, 0.15) is 12.6 Å². The molecule has 26 heavy (non-hydrogen) atoms. The van der Waals surface area contributed by atoms with Crippen LogP contribution in [-0.2, 0) is 16.0 Å². The summed E-state index contributed by atoms with van der Waals surface area (Å²) < 4.78 is 0. The van der Waals surface area contributed by atoms with Gasteiger partial charge in [0, 0.05) is 12.1 Å². The van der Waals surface area contributed by atoms with Gasteiger partial charge in [0.25, 0.3) is 5.91 Å². The highest BCUT2D eigenvalue weighted by Crippen LogP contribution is 2.17. The topological polar surface area (TPSA) is 78.5 Å². The summed E-state index contributed by atoms with van der Waals surface area (Å²) in [5, 5.41) is 5.42. The van der Waals surface area contributed by atoms with Crippen LogP contribution in [0.1, 0.15) is 16.7 Å². The Kier molecular flexibility index (Phi) is 5.02. The Morgan fingerprint density at radius 3 is 2.58 bits per heavy atom. The van der Waals surface area contributed by atoms with Crippen LogP contribution in [-0.4, -0.2) is 35.3 Å². The van der Waals surface area contributed by atoms with E-state index < -0.39 is 18.0 Å². The zero-order valence-corrected chi connectivity index (χ0v) is 14.8. The minimum atomic E-state index is -0.640. The lowest BCUT2D eigenvalue weighted by Crippen LogP contribution is -2.38. The Hall–Kier alpha value is -3.15. The van der Waals surface area contributed by atoms with E-state index in [9.17, 15) is 14.4 Å². The molecule has 0 unspecified atom stereocenters. The lowest BCUT2D eigenvalue weighted by Gasteiger charge is -2.14. The Morgan fingerprint density at radius 1 is 1.12 bits per heavy atom. The normalized spacial score (nSPS) is 16.5. The first-order valence-corrected chi connectivity index (χ1v) is 8.47. The average Bonchev–Trinajstić information content (AvgIpc) is 2.86. The highest BCUT2D eigenvalue weighted by atomic mass is 16.2. The van der Waals surface area contributed by atoms with Crippen LogP contribution in [0.3, 0.4) is 0 Å². The van der Waals surface area contributed by atoms with Crippen molar-refractivity contribution in [3.63, 3.8) is 0 Å². The van der Waals surface area contributed by atoms with Gasteiger partial charge in [-0.15, -0.1) is 0 Å². The second-order valence-corrected chi connectivity index (χ2v) is 6.48. The van der Waals surface area contributed by atoms with E-state index in [2.05, 4.69) is 10.6 Å². The standard InChI is InChI=1S/C20H21N3O3/c1-13-8-9-14(2)16(10-13)21-18(24)12-23-19(25)17(22-20(23)26)11-15-6-4-3-5-7-15/h3-10,17H,11-12H2,1-2H3,(H,21,24)(H,22,26)/t17-/m1/s1. The fourth-order valence-electron chi connectivity index (χ4n) is 2.92. The molecule has 0 aromatic heterocycles. The predicted molar refractivity (Wildman–Crippen MR) is 98.7 cm³/mol. The largest absolute Gasteiger partial charge is 0.325 e. The second-order valence-electron chi connectivity index (χ2n) is 6.48. The first-order chi connectivity index (χ1) is 12.4. The fourth-order valence-corrected chi connectivity index (χ4v) is 2.92. The molecule has 0 aliphatic carbocycles. The number of benzene rings is 2. The van der Waals surface area contributed by atoms with Crippen LogP contribution in [0.4, 0.5) is 10.5 Å². The molecule has 4 amide bonds. The molecule has 2 N–H and O–H groups in total. The number of urea groups is 1. The van der Waals surface area contributed by atoms with E-state index in [4.69, 9.17) is 0 Å². The van der Waals surface area contributed by atoms with Crippen molar-refractivity contribution in [2.75, 3.05) is 11.9 Å². The van der Waals surface area contributed by atoms with Gasteiger partial charge >= 0.3 is 6.03 Å². The van der Waals surface area contributed by atoms with Crippen molar-refractivity contribution in [1.29, 1.82) is 0 Å². The molecule has 0 radical (unpaired) electrons. The summed E-state index contributed by atoms with van der Waals surface area (Å²) in [6.45, 7) is 3.52. The number of hydrogen-bond donors (Lipinski definition) is 2. The molecule has 2 aromatic rings. The van der Waals surface area contributed by atoms with E-state index in [0.717, 1.165) is 21.6 Å². The number of hydrogen-bond acceptors (Lipinski definition) is 3. The monoisotopic (exact) mass is 351 g/mol. The lowest BCUT2D eigenvalue weighted by molar-refractivity contribution is -0.130. The summed E-state index contributed by atoms with van der Waals surface area (Å²) >= 11 is 0. The van der Waals surface area contributed by atoms with E-state index in [1.807, 2.05) is 62.4 Å². The number of nitrogens with one attached hydrogen (secondary N) is 2. The Balaban J connectivity index is 1.64. The van der Waals surface area contributed by atoms with Gasteiger partial charge < -0.3 is 10.6 Å². The minimum Gasteiger partial charge on any atom is -0.325 e. The third kappa shape index (κ3) is 3.91. The predicted octanol–water partition coefficient (Wildman–Crippen LogP) is 2.41. The average molecular weight is 351 g/mol. The van der Waals surface area contributed by atoms with Gasteiger partial charge in [-0.3, -0.25) is 14.5 Å². The number of nitrogens with zero attached hydrogens (tertiary/aromatic N) is 1. The molecule has 3 rings (SSSR count). The molecule has 6 nitrogen and oxygen atoms in total. The number of aryl methyl sites for hydroxylation is 2. The Labute approximate surface area is 152 Å². The highest BCUT2D eigenvalue weighted by Gasteiger charge is 2.38. The molecular formula is C20H21N3O3. The molecule has 1 fully saturated rings. The number of amides is 4. The number of rotatable bonds is 5. The van der Waals surface area contributed by atoms with Crippen LogP contribution in [0.15, 0.2) is 48.5 Å². The van der Waals surface area contributed by atoms with Crippen LogP contribution >= 0.6 is 0 Å². The van der Waals surface area contributed by atoms with Gasteiger partial charge in [-0.1, -0.05) is 42.5 Å². The van der Waals surface area contributed by atoms with Crippen molar-refractivity contribution < 1.29 is 14.4 Å². The molecule has 1 atom stereocenters. The van der Waals surface area contributed by atoms with Crippen molar-refractivity contribution in [3.05, 3.63) is 65.2 Å². The number of imide groups is 1. The summed E-state index contributed by atoms with van der Waals surface area (Å²) in [5.74, 6) is -0.780. The Morgan fingerprint density at radius 2 is 1.85 bits per heavy atom. The number of carbonyl (C=O) groups excluding carboxylic acids is 3. The van der Waals surface area contributed by atoms with Crippen LogP contribution in [0.5, 0.6) is 0 Å². The van der Waals surface area contributed by atoms with E-state index in [1.54, 1.807) is 0 Å². The fraction of sp³-hybridized carbons (Fsp3) is 0.250. The van der Waals surface area contributed by atoms with Crippen molar-refractivity contribution in [1.82, 2.24) is 10.2 Å². The highest BCUT2D eigenvalue weighted by molar-refractivity contribution is 6.08. The molecule has 2 aromatic carbocycles. The van der Waals surface area contributed by atoms with E-state index >= 15 is 0 Å². The number of anilines is 1. The summed E-state index contributed by atoms with van der Waals surface area (Å²) in [6.07, 6.45) is 0.403. The van der Waals surface area contributed by atoms with Crippen LogP contribution < -0.4 is 10.6 Å². The van der Waals surface area contributed by atoms with Gasteiger partial charge in [0.15, 0.2) is 0 Å². The van der Waals surface area contributed by atoms with Crippen molar-refractivity contribution in [2.24, 2.45) is 0 Å². The quantitative estimate of drug-likeness (QED) is 0.812. The molecule has 134 valence electrons. The summed E-state index contributed by atoms with van der Waals surface area (Å²) in [7, 11) is 0. The molecule has 0 spiro atoms. The maximum absolute atomic E-state index is 12.5. The smallest absolute Gasteiger partial charge is 0.325 e. The van der Waals surface area contributed by atoms with Gasteiger partial charge in [0.05, 0.1) is 0 Å². The molecule has 1 saturated heterocycles. The minimum absolute atomic E-state index is 0.302. The first kappa shape index (κ1) is 17.7. The van der Waals surface area contributed by atoms with Crippen molar-refractivity contribution >= 4 is 23.5 Å². The maximum Gasteiger partial charge on any atom is 0.325 e. The van der Waals surface area contributed by atoms with E-state index in [1.165, 1.54) is 0 Å². The second kappa shape index (κ2) is 7.39. The summed E-state index contributed by atoms with van der Waals surface area (Å²) in [4.78, 5) is 37.9. The lowest BCUT2D eigenvalue weighted by atomic mass is 10.1. The molecule has 6 heteroatoms. The van der Waals surface area contributed by atoms with Gasteiger partial charge in [-0.05, 0) is 36.6 Å². The third-order valence-corrected chi connectivity index (χ3v) is 4.36. The molecule has 1 heterocycles. The van der Waals surface area contributed by atoms with Crippen LogP contribution in [0.25, 0.3) is 0 Å². The van der Waals surface area contributed by atoms with Crippen molar-refractivity contribution in [2.45, 2.75) is 26.3 Å². The third-order valence-electron chi connectivity index (χ3n) is 4.36. The van der Waals surface area contributed by atoms with Gasteiger partial charge in [-0.25, -0.2) is 4.79 Å².